The molecule has 1 aromatic heterocycles. The quantitative estimate of drug-likeness (QED) is 0.655. The van der Waals surface area contributed by atoms with Gasteiger partial charge in [0, 0.05) is 0 Å². The highest BCUT2D eigenvalue weighted by atomic mass is 16.3. The average Bonchev–Trinajstić information content (AvgIpc) is 2.32. The number of nitrogens with two attached hydrogens (primary N) is 1. The molecule has 1 aromatic carbocycles. The lowest BCUT2D eigenvalue weighted by molar-refractivity contribution is 0.102. The number of nitrogens with one attached hydrogen (secondary N) is 1. The number of amides is 1. The van der Waals surface area contributed by atoms with Crippen LogP contribution in [0.1, 0.15) is 15.9 Å². The third-order valence-corrected chi connectivity index (χ3v) is 2.58. The number of carbonyl (C=O) groups excluding carboxylic acids is 1. The molecule has 0 aliphatic carbocycles. The summed E-state index contributed by atoms with van der Waals surface area (Å²) in [4.78, 5) is 16.0. The van der Waals surface area contributed by atoms with E-state index in [-0.39, 0.29) is 17.1 Å². The van der Waals surface area contributed by atoms with Gasteiger partial charge in [-0.2, -0.15) is 0 Å². The number of aryl methyl sites for hydroxylation is 1. The predicted molar refractivity (Wildman–Crippen MR) is 71.1 cm³/mol. The van der Waals surface area contributed by atoms with Crippen molar-refractivity contribution >= 4 is 17.4 Å². The van der Waals surface area contributed by atoms with Crippen molar-refractivity contribution in [2.24, 2.45) is 0 Å². The maximum Gasteiger partial charge on any atom is 0.264 e. The molecule has 0 saturated heterocycles. The zero-order valence-electron chi connectivity index (χ0n) is 10.2. The molecule has 0 radical (unpaired) electrons. The van der Waals surface area contributed by atoms with E-state index in [9.17, 15) is 15.0 Å². The Kier molecular flexibility index (Phi) is 3.24. The third kappa shape index (κ3) is 2.57. The van der Waals surface area contributed by atoms with Crippen LogP contribution >= 0.6 is 0 Å². The van der Waals surface area contributed by atoms with Crippen LogP contribution in [-0.4, -0.2) is 21.1 Å². The van der Waals surface area contributed by atoms with Crippen LogP contribution in [0.2, 0.25) is 0 Å². The summed E-state index contributed by atoms with van der Waals surface area (Å²) >= 11 is 0. The number of phenolic OH excluding ortho intramolecular Hbond substituents is 2. The first-order chi connectivity index (χ1) is 8.99. The van der Waals surface area contributed by atoms with Gasteiger partial charge >= 0.3 is 0 Å². The van der Waals surface area contributed by atoms with Crippen LogP contribution in [0.5, 0.6) is 11.5 Å². The molecule has 6 nitrogen and oxygen atoms in total. The summed E-state index contributed by atoms with van der Waals surface area (Å²) in [6, 6.07) is 5.73. The molecule has 6 heteroatoms. The van der Waals surface area contributed by atoms with Gasteiger partial charge in [-0.15, -0.1) is 0 Å². The van der Waals surface area contributed by atoms with Crippen LogP contribution in [-0.2, 0) is 0 Å². The largest absolute Gasteiger partial charge is 0.507 e. The number of carbonyl (C=O) groups is 1. The number of benzene rings is 1. The second kappa shape index (κ2) is 4.85. The topological polar surface area (TPSA) is 108 Å². The highest BCUT2D eigenvalue weighted by molar-refractivity contribution is 6.07. The first-order valence-electron chi connectivity index (χ1n) is 5.53. The van der Waals surface area contributed by atoms with Gasteiger partial charge in [-0.1, -0.05) is 6.07 Å². The Bertz CT molecular complexity index is 621. The van der Waals surface area contributed by atoms with Crippen molar-refractivity contribution in [1.82, 2.24) is 4.98 Å². The van der Waals surface area contributed by atoms with Gasteiger partial charge in [0.1, 0.15) is 22.9 Å². The van der Waals surface area contributed by atoms with Crippen LogP contribution in [0, 0.1) is 6.92 Å². The normalized spacial score (nSPS) is 10.2. The Morgan fingerprint density at radius 2 is 1.95 bits per heavy atom. The molecule has 0 fully saturated rings. The van der Waals surface area contributed by atoms with Gasteiger partial charge in [-0.25, -0.2) is 4.98 Å². The van der Waals surface area contributed by atoms with E-state index in [1.807, 2.05) is 0 Å². The fourth-order valence-electron chi connectivity index (χ4n) is 1.66. The minimum absolute atomic E-state index is 0.194. The molecule has 1 amide bonds. The van der Waals surface area contributed by atoms with Gasteiger partial charge in [-0.3, -0.25) is 4.79 Å². The number of hydrogen-bond donors (Lipinski definition) is 4. The number of rotatable bonds is 2. The molecule has 0 saturated carbocycles. The van der Waals surface area contributed by atoms with Crippen molar-refractivity contribution < 1.29 is 15.0 Å². The van der Waals surface area contributed by atoms with E-state index in [1.54, 1.807) is 13.0 Å². The van der Waals surface area contributed by atoms with Gasteiger partial charge < -0.3 is 21.3 Å². The SMILES string of the molecule is Cc1cc(N)cnc1NC(=O)c1c(O)cccc1O. The maximum absolute atomic E-state index is 12.0. The summed E-state index contributed by atoms with van der Waals surface area (Å²) in [5.41, 5.74) is 6.54. The Morgan fingerprint density at radius 1 is 1.32 bits per heavy atom. The molecular formula is C13H13N3O3. The number of nitrogens with zero attached hydrogens (tertiary/aromatic N) is 1. The van der Waals surface area contributed by atoms with E-state index in [1.165, 1.54) is 24.4 Å². The lowest BCUT2D eigenvalue weighted by Crippen LogP contribution is -2.14. The number of aromatic nitrogens is 1. The number of anilines is 2. The van der Waals surface area contributed by atoms with Crippen molar-refractivity contribution in [3.63, 3.8) is 0 Å². The van der Waals surface area contributed by atoms with Gasteiger partial charge in [0.15, 0.2) is 0 Å². The van der Waals surface area contributed by atoms with E-state index in [0.717, 1.165) is 0 Å². The third-order valence-electron chi connectivity index (χ3n) is 2.58. The molecule has 5 N–H and O–H groups in total. The second-order valence-corrected chi connectivity index (χ2v) is 4.06. The van der Waals surface area contributed by atoms with Gasteiger partial charge in [0.2, 0.25) is 0 Å². The Hall–Kier alpha value is -2.76. The summed E-state index contributed by atoms with van der Waals surface area (Å²) in [5.74, 6) is -0.922. The predicted octanol–water partition coefficient (Wildman–Crippen LogP) is 1.64. The standard InChI is InChI=1S/C13H13N3O3/c1-7-5-8(14)6-15-12(7)16-13(19)11-9(17)3-2-4-10(11)18/h2-6,17-18H,14H2,1H3,(H,15,16,19). The van der Waals surface area contributed by atoms with Crippen LogP contribution in [0.25, 0.3) is 0 Å². The highest BCUT2D eigenvalue weighted by Crippen LogP contribution is 2.27. The summed E-state index contributed by atoms with van der Waals surface area (Å²) in [6.45, 7) is 1.74. The van der Waals surface area contributed by atoms with E-state index in [2.05, 4.69) is 10.3 Å². The number of phenols is 2. The minimum Gasteiger partial charge on any atom is -0.507 e. The fourth-order valence-corrected chi connectivity index (χ4v) is 1.66. The molecule has 0 bridgehead atoms. The number of hydrogen-bond acceptors (Lipinski definition) is 5. The Morgan fingerprint density at radius 3 is 2.53 bits per heavy atom. The Labute approximate surface area is 109 Å². The molecule has 0 aliphatic rings. The first-order valence-corrected chi connectivity index (χ1v) is 5.53. The Balaban J connectivity index is 2.31. The molecule has 0 aliphatic heterocycles. The monoisotopic (exact) mass is 259 g/mol. The molecule has 0 atom stereocenters. The summed E-state index contributed by atoms with van der Waals surface area (Å²) in [7, 11) is 0. The second-order valence-electron chi connectivity index (χ2n) is 4.06. The van der Waals surface area contributed by atoms with Gasteiger partial charge in [-0.05, 0) is 30.7 Å². The highest BCUT2D eigenvalue weighted by Gasteiger charge is 2.17. The molecule has 98 valence electrons. The number of pyridine rings is 1. The fraction of sp³-hybridized carbons (Fsp3) is 0.0769. The van der Waals surface area contributed by atoms with Gasteiger partial charge in [0.05, 0.1) is 11.9 Å². The van der Waals surface area contributed by atoms with E-state index in [0.29, 0.717) is 17.1 Å². The van der Waals surface area contributed by atoms with Crippen LogP contribution < -0.4 is 11.1 Å². The molecule has 1 heterocycles. The average molecular weight is 259 g/mol. The molecule has 2 rings (SSSR count). The minimum atomic E-state index is -0.643. The number of nitrogen functional groups attached to an aromatic ring is 1. The first kappa shape index (κ1) is 12.7. The van der Waals surface area contributed by atoms with Crippen molar-refractivity contribution in [3.05, 3.63) is 41.6 Å². The van der Waals surface area contributed by atoms with E-state index >= 15 is 0 Å². The maximum atomic E-state index is 12.0. The van der Waals surface area contributed by atoms with Crippen molar-refractivity contribution in [1.29, 1.82) is 0 Å². The van der Waals surface area contributed by atoms with Crippen molar-refractivity contribution in [2.45, 2.75) is 6.92 Å². The molecule has 0 spiro atoms. The lowest BCUT2D eigenvalue weighted by atomic mass is 10.1. The van der Waals surface area contributed by atoms with Gasteiger partial charge in [0.25, 0.3) is 5.91 Å². The summed E-state index contributed by atoms with van der Waals surface area (Å²) in [5, 5.41) is 21.7. The lowest BCUT2D eigenvalue weighted by Gasteiger charge is -2.10. The van der Waals surface area contributed by atoms with E-state index < -0.39 is 5.91 Å². The number of aromatic hydroxyl groups is 2. The van der Waals surface area contributed by atoms with E-state index in [4.69, 9.17) is 5.73 Å². The molecule has 19 heavy (non-hydrogen) atoms. The van der Waals surface area contributed by atoms with Crippen LogP contribution in [0.15, 0.2) is 30.5 Å². The summed E-state index contributed by atoms with van der Waals surface area (Å²) in [6.07, 6.45) is 1.41. The van der Waals surface area contributed by atoms with Crippen molar-refractivity contribution in [2.75, 3.05) is 11.1 Å². The summed E-state index contributed by atoms with van der Waals surface area (Å²) < 4.78 is 0. The smallest absolute Gasteiger partial charge is 0.264 e. The molecule has 2 aromatic rings. The molecule has 0 unspecified atom stereocenters. The van der Waals surface area contributed by atoms with Crippen LogP contribution in [0.4, 0.5) is 11.5 Å². The van der Waals surface area contributed by atoms with Crippen molar-refractivity contribution in [3.8, 4) is 11.5 Å². The molecular weight excluding hydrogens is 246 g/mol. The van der Waals surface area contributed by atoms with Crippen LogP contribution in [0.3, 0.4) is 0 Å². The zero-order chi connectivity index (χ0) is 14.0. The zero-order valence-corrected chi connectivity index (χ0v) is 10.2.